The molecule has 226 valence electrons. The molecule has 1 saturated heterocycles. The number of nitrogens with one attached hydrogen (secondary N) is 3. The molecule has 2 saturated carbocycles. The summed E-state index contributed by atoms with van der Waals surface area (Å²) in [7, 11) is 0. The van der Waals surface area contributed by atoms with Crippen LogP contribution in [0.15, 0.2) is 24.4 Å². The van der Waals surface area contributed by atoms with Gasteiger partial charge < -0.3 is 20.9 Å². The number of aromatic nitrogens is 2. The third-order valence-electron chi connectivity index (χ3n) is 8.92. The Bertz CT molecular complexity index is 1390. The van der Waals surface area contributed by atoms with Crippen LogP contribution in [0.5, 0.6) is 0 Å². The number of rotatable bonds is 9. The van der Waals surface area contributed by atoms with Gasteiger partial charge in [-0.1, -0.05) is 0 Å². The van der Waals surface area contributed by atoms with Crippen molar-refractivity contribution >= 4 is 23.5 Å². The molecular weight excluding hydrogens is 556 g/mol. The van der Waals surface area contributed by atoms with Gasteiger partial charge in [-0.2, -0.15) is 18.3 Å². The van der Waals surface area contributed by atoms with Crippen molar-refractivity contribution < 1.29 is 31.9 Å². The highest BCUT2D eigenvalue weighted by atomic mass is 19.4. The molecule has 9 nitrogen and oxygen atoms in total. The first kappa shape index (κ1) is 28.5. The number of hydrogen-bond acceptors (Lipinski definition) is 4. The first-order chi connectivity index (χ1) is 19.9. The molecule has 1 aromatic heterocycles. The molecule has 0 spiro atoms. The predicted molar refractivity (Wildman–Crippen MR) is 144 cm³/mol. The number of amides is 4. The number of hydrogen-bond donors (Lipinski definition) is 3. The summed E-state index contributed by atoms with van der Waals surface area (Å²) in [5.41, 5.74) is 1.36. The summed E-state index contributed by atoms with van der Waals surface area (Å²) in [6.45, 7) is 3.25. The van der Waals surface area contributed by atoms with E-state index < -0.39 is 54.5 Å². The highest BCUT2D eigenvalue weighted by molar-refractivity contribution is 6.01. The van der Waals surface area contributed by atoms with Crippen LogP contribution in [0.1, 0.15) is 79.7 Å². The quantitative estimate of drug-likeness (QED) is 0.368. The highest BCUT2D eigenvalue weighted by Crippen LogP contribution is 2.51. The normalized spacial score (nSPS) is 22.9. The second-order valence-electron chi connectivity index (χ2n) is 12.2. The molecule has 2 heterocycles. The lowest BCUT2D eigenvalue weighted by Crippen LogP contribution is -2.50. The fraction of sp³-hybridized carbons (Fsp3) is 0.586. The van der Waals surface area contributed by atoms with Crippen molar-refractivity contribution in [3.63, 3.8) is 0 Å². The molecule has 3 aliphatic carbocycles. The van der Waals surface area contributed by atoms with Gasteiger partial charge in [0.05, 0.1) is 18.3 Å². The molecule has 2 aromatic rings. The Kier molecular flexibility index (Phi) is 7.17. The molecule has 6 rings (SSSR count). The second kappa shape index (κ2) is 10.6. The largest absolute Gasteiger partial charge is 0.410 e. The number of anilines is 1. The van der Waals surface area contributed by atoms with Crippen molar-refractivity contribution in [1.29, 1.82) is 0 Å². The van der Waals surface area contributed by atoms with Crippen LogP contribution >= 0.6 is 0 Å². The number of fused-ring (bicyclic) bond motifs is 1. The number of carbonyl (C=O) groups is 3. The van der Waals surface area contributed by atoms with Gasteiger partial charge in [0, 0.05) is 12.2 Å². The standard InChI is InChI=1S/C29H34F4N6O3/c1-14(2)39-22(9-10-34-39)26(40)37-25(24(15-3-4-15)16-5-6-16)27(41)35-20-11-17-7-8-21(18(17)12-19(20)30)38-13-23(29(31,32)33)36-28(38)42/h9-12,14-16,21,23-25H,3-8,13H2,1-2H3,(H,35,41)(H,36,42)(H,37,40)/t21-,23+,25+/m1/s1. The van der Waals surface area contributed by atoms with Gasteiger partial charge in [-0.05, 0) is 99.5 Å². The van der Waals surface area contributed by atoms with E-state index in [-0.39, 0.29) is 17.6 Å². The number of alkyl halides is 3. The molecule has 42 heavy (non-hydrogen) atoms. The van der Waals surface area contributed by atoms with Gasteiger partial charge in [-0.15, -0.1) is 0 Å². The smallest absolute Gasteiger partial charge is 0.339 e. The van der Waals surface area contributed by atoms with Crippen LogP contribution in [-0.4, -0.2) is 57.3 Å². The molecule has 1 aromatic carbocycles. The number of benzene rings is 1. The maximum Gasteiger partial charge on any atom is 0.410 e. The molecule has 13 heteroatoms. The lowest BCUT2D eigenvalue weighted by Gasteiger charge is -2.28. The van der Waals surface area contributed by atoms with Gasteiger partial charge in [0.15, 0.2) is 0 Å². The Labute approximate surface area is 240 Å². The Hall–Kier alpha value is -3.64. The maximum absolute atomic E-state index is 15.4. The van der Waals surface area contributed by atoms with Crippen molar-refractivity contribution in [3.05, 3.63) is 47.0 Å². The maximum atomic E-state index is 15.4. The first-order valence-electron chi connectivity index (χ1n) is 14.5. The molecular formula is C29H34F4N6O3. The summed E-state index contributed by atoms with van der Waals surface area (Å²) in [5.74, 6) is -1.14. The zero-order valence-electron chi connectivity index (χ0n) is 23.4. The second-order valence-corrected chi connectivity index (χ2v) is 12.2. The number of halogens is 4. The molecule has 3 fully saturated rings. The van der Waals surface area contributed by atoms with Crippen molar-refractivity contribution in [2.45, 2.75) is 82.7 Å². The minimum Gasteiger partial charge on any atom is -0.339 e. The number of nitrogens with zero attached hydrogens (tertiary/aromatic N) is 3. The summed E-state index contributed by atoms with van der Waals surface area (Å²) in [5, 5.41) is 11.8. The van der Waals surface area contributed by atoms with Crippen LogP contribution in [0.25, 0.3) is 0 Å². The number of aryl methyl sites for hydroxylation is 1. The Balaban J connectivity index is 1.22. The molecule has 3 atom stereocenters. The lowest BCUT2D eigenvalue weighted by molar-refractivity contribution is -0.150. The van der Waals surface area contributed by atoms with Crippen LogP contribution in [0.2, 0.25) is 0 Å². The molecule has 0 radical (unpaired) electrons. The molecule has 3 N–H and O–H groups in total. The Morgan fingerprint density at radius 2 is 1.79 bits per heavy atom. The van der Waals surface area contributed by atoms with Crippen LogP contribution in [-0.2, 0) is 11.2 Å². The van der Waals surface area contributed by atoms with Crippen molar-refractivity contribution in [2.75, 3.05) is 11.9 Å². The monoisotopic (exact) mass is 590 g/mol. The van der Waals surface area contributed by atoms with Crippen molar-refractivity contribution in [1.82, 2.24) is 25.3 Å². The van der Waals surface area contributed by atoms with E-state index in [0.717, 1.165) is 30.6 Å². The summed E-state index contributed by atoms with van der Waals surface area (Å²) in [6.07, 6.45) is 1.60. The van der Waals surface area contributed by atoms with Gasteiger partial charge in [0.1, 0.15) is 23.6 Å². The molecule has 0 unspecified atom stereocenters. The van der Waals surface area contributed by atoms with E-state index in [1.807, 2.05) is 19.2 Å². The van der Waals surface area contributed by atoms with Crippen LogP contribution < -0.4 is 16.0 Å². The SMILES string of the molecule is CC(C)n1nccc1C(=O)N[C@H](C(=O)Nc1cc2c(cc1F)[C@H](N1C[C@@H](C(F)(F)F)NC1=O)CC2)C(C1CC1)C1CC1. The van der Waals surface area contributed by atoms with E-state index in [1.165, 1.54) is 18.3 Å². The third kappa shape index (κ3) is 5.45. The fourth-order valence-corrected chi connectivity index (χ4v) is 6.60. The minimum absolute atomic E-state index is 0.0599. The number of carbonyl (C=O) groups excluding carboxylic acids is 3. The van der Waals surface area contributed by atoms with E-state index in [1.54, 1.807) is 10.7 Å². The summed E-state index contributed by atoms with van der Waals surface area (Å²) in [4.78, 5) is 40.6. The molecule has 0 bridgehead atoms. The van der Waals surface area contributed by atoms with Crippen molar-refractivity contribution in [2.24, 2.45) is 17.8 Å². The minimum atomic E-state index is -4.58. The van der Waals surface area contributed by atoms with Gasteiger partial charge in [0.2, 0.25) is 5.91 Å². The predicted octanol–water partition coefficient (Wildman–Crippen LogP) is 4.72. The summed E-state index contributed by atoms with van der Waals surface area (Å²) >= 11 is 0. The van der Waals surface area contributed by atoms with Gasteiger partial charge in [-0.25, -0.2) is 9.18 Å². The van der Waals surface area contributed by atoms with Crippen LogP contribution in [0.4, 0.5) is 28.0 Å². The van der Waals surface area contributed by atoms with Crippen molar-refractivity contribution in [3.8, 4) is 0 Å². The third-order valence-corrected chi connectivity index (χ3v) is 8.92. The van der Waals surface area contributed by atoms with Crippen LogP contribution in [0.3, 0.4) is 0 Å². The molecule has 1 aliphatic heterocycles. The zero-order chi connectivity index (χ0) is 29.9. The topological polar surface area (TPSA) is 108 Å². The fourth-order valence-electron chi connectivity index (χ4n) is 6.60. The average Bonchev–Trinajstić information content (AvgIpc) is 3.81. The number of urea groups is 1. The van der Waals surface area contributed by atoms with Gasteiger partial charge >= 0.3 is 12.2 Å². The average molecular weight is 591 g/mol. The van der Waals surface area contributed by atoms with E-state index in [2.05, 4.69) is 15.7 Å². The van der Waals surface area contributed by atoms with Crippen LogP contribution in [0, 0.1) is 23.6 Å². The summed E-state index contributed by atoms with van der Waals surface area (Å²) < 4.78 is 56.6. The van der Waals surface area contributed by atoms with Gasteiger partial charge in [0.25, 0.3) is 5.91 Å². The van der Waals surface area contributed by atoms with E-state index in [9.17, 15) is 27.6 Å². The van der Waals surface area contributed by atoms with E-state index >= 15 is 4.39 Å². The highest BCUT2D eigenvalue weighted by Gasteiger charge is 2.50. The van der Waals surface area contributed by atoms with E-state index in [0.29, 0.717) is 41.5 Å². The molecule has 4 amide bonds. The lowest BCUT2D eigenvalue weighted by atomic mass is 9.88. The Morgan fingerprint density at radius 1 is 1.10 bits per heavy atom. The van der Waals surface area contributed by atoms with E-state index in [4.69, 9.17) is 0 Å². The summed E-state index contributed by atoms with van der Waals surface area (Å²) in [6, 6.07) is -0.155. The Morgan fingerprint density at radius 3 is 2.38 bits per heavy atom. The zero-order valence-corrected chi connectivity index (χ0v) is 23.4. The van der Waals surface area contributed by atoms with Gasteiger partial charge in [-0.3, -0.25) is 14.3 Å². The first-order valence-corrected chi connectivity index (χ1v) is 14.5. The molecule has 4 aliphatic rings.